The molecule has 6 nitrogen and oxygen atoms in total. The normalized spacial score (nSPS) is 11.9. The third-order valence-corrected chi connectivity index (χ3v) is 3.08. The second-order valence-electron chi connectivity index (χ2n) is 5.19. The van der Waals surface area contributed by atoms with Crippen LogP contribution in [-0.2, 0) is 20.8 Å². The van der Waals surface area contributed by atoms with Gasteiger partial charge in [0.2, 0.25) is 0 Å². The van der Waals surface area contributed by atoms with Gasteiger partial charge in [-0.1, -0.05) is 30.3 Å². The third kappa shape index (κ3) is 6.13. The van der Waals surface area contributed by atoms with Crippen molar-refractivity contribution >= 4 is 12.0 Å². The number of hydrogen-bond donors (Lipinski definition) is 1. The maximum atomic E-state index is 12.2. The van der Waals surface area contributed by atoms with Crippen LogP contribution < -0.4 is 5.32 Å². The number of carbonyl (C=O) groups is 2. The first-order valence-electron chi connectivity index (χ1n) is 7.26. The first kappa shape index (κ1) is 18.0. The first-order chi connectivity index (χ1) is 10.4. The number of likely N-dealkylation sites (N-methyl/N-ethyl adjacent to an activating group) is 1. The Hall–Kier alpha value is -2.08. The molecule has 1 aromatic carbocycles. The number of nitrogens with zero attached hydrogens (tertiary/aromatic N) is 1. The Labute approximate surface area is 131 Å². The van der Waals surface area contributed by atoms with Crippen LogP contribution in [0.2, 0.25) is 0 Å². The van der Waals surface area contributed by atoms with E-state index in [1.54, 1.807) is 13.8 Å². The Balaban J connectivity index is 2.69. The predicted molar refractivity (Wildman–Crippen MR) is 83.1 cm³/mol. The highest BCUT2D eigenvalue weighted by Gasteiger charge is 2.25. The molecule has 0 aromatic heterocycles. The van der Waals surface area contributed by atoms with Gasteiger partial charge in [0.25, 0.3) is 5.91 Å². The average Bonchev–Trinajstić information content (AvgIpc) is 2.50. The van der Waals surface area contributed by atoms with Crippen LogP contribution in [0, 0.1) is 0 Å². The third-order valence-electron chi connectivity index (χ3n) is 3.08. The van der Waals surface area contributed by atoms with Gasteiger partial charge in [-0.15, -0.1) is 0 Å². The highest BCUT2D eigenvalue weighted by Crippen LogP contribution is 2.08. The monoisotopic (exact) mass is 308 g/mol. The quantitative estimate of drug-likeness (QED) is 0.784. The molecule has 0 aliphatic rings. The molecule has 0 aliphatic carbocycles. The molecular formula is C16H24N2O4. The fourth-order valence-corrected chi connectivity index (χ4v) is 1.91. The van der Waals surface area contributed by atoms with Crippen molar-refractivity contribution in [1.29, 1.82) is 0 Å². The molecule has 2 amide bonds. The van der Waals surface area contributed by atoms with Crippen molar-refractivity contribution < 1.29 is 19.2 Å². The van der Waals surface area contributed by atoms with Gasteiger partial charge in [-0.3, -0.25) is 9.63 Å². The predicted octanol–water partition coefficient (Wildman–Crippen LogP) is 2.14. The van der Waals surface area contributed by atoms with E-state index in [0.29, 0.717) is 12.8 Å². The zero-order chi connectivity index (χ0) is 16.5. The maximum Gasteiger partial charge on any atom is 0.408 e. The van der Waals surface area contributed by atoms with Gasteiger partial charge in [0.05, 0.1) is 13.2 Å². The molecule has 1 aromatic rings. The second kappa shape index (κ2) is 9.04. The summed E-state index contributed by atoms with van der Waals surface area (Å²) in [7, 11) is 2.91. The van der Waals surface area contributed by atoms with Crippen LogP contribution in [0.15, 0.2) is 30.3 Å². The minimum Gasteiger partial charge on any atom is -0.447 e. The fraction of sp³-hybridized carbons (Fsp3) is 0.500. The highest BCUT2D eigenvalue weighted by atomic mass is 16.7. The molecule has 0 saturated carbocycles. The van der Waals surface area contributed by atoms with Crippen LogP contribution in [0.4, 0.5) is 4.79 Å². The number of aryl methyl sites for hydroxylation is 1. The van der Waals surface area contributed by atoms with Gasteiger partial charge >= 0.3 is 6.09 Å². The molecule has 122 valence electrons. The number of benzene rings is 1. The number of carbonyl (C=O) groups excluding carboxylic acids is 2. The number of ether oxygens (including phenoxy) is 1. The lowest BCUT2D eigenvalue weighted by atomic mass is 10.0. The summed E-state index contributed by atoms with van der Waals surface area (Å²) in [6.45, 7) is 3.50. The van der Waals surface area contributed by atoms with Gasteiger partial charge in [0.1, 0.15) is 6.04 Å². The second-order valence-corrected chi connectivity index (χ2v) is 5.19. The van der Waals surface area contributed by atoms with E-state index >= 15 is 0 Å². The molecule has 1 N–H and O–H groups in total. The van der Waals surface area contributed by atoms with Gasteiger partial charge in [-0.25, -0.2) is 9.86 Å². The summed E-state index contributed by atoms with van der Waals surface area (Å²) in [5.74, 6) is -0.320. The number of amides is 2. The zero-order valence-corrected chi connectivity index (χ0v) is 13.5. The fourth-order valence-electron chi connectivity index (χ4n) is 1.91. The molecule has 0 radical (unpaired) electrons. The van der Waals surface area contributed by atoms with Gasteiger partial charge in [-0.2, -0.15) is 0 Å². The number of nitrogens with one attached hydrogen (secondary N) is 1. The largest absolute Gasteiger partial charge is 0.447 e. The summed E-state index contributed by atoms with van der Waals surface area (Å²) in [6, 6.07) is 9.07. The minimum atomic E-state index is -0.698. The van der Waals surface area contributed by atoms with Crippen molar-refractivity contribution in [3.05, 3.63) is 35.9 Å². The van der Waals surface area contributed by atoms with Crippen LogP contribution in [0.3, 0.4) is 0 Å². The molecule has 1 rings (SSSR count). The lowest BCUT2D eigenvalue weighted by molar-refractivity contribution is -0.171. The van der Waals surface area contributed by atoms with Crippen LogP contribution in [0.1, 0.15) is 25.8 Å². The Morgan fingerprint density at radius 2 is 1.86 bits per heavy atom. The van der Waals surface area contributed by atoms with E-state index in [-0.39, 0.29) is 12.0 Å². The molecule has 0 bridgehead atoms. The zero-order valence-electron chi connectivity index (χ0n) is 13.5. The lowest BCUT2D eigenvalue weighted by Gasteiger charge is -2.23. The number of alkyl carbamates (subject to hydrolysis) is 1. The van der Waals surface area contributed by atoms with Crippen molar-refractivity contribution in [3.8, 4) is 0 Å². The molecule has 0 fully saturated rings. The number of hydroxylamine groups is 2. The van der Waals surface area contributed by atoms with Crippen molar-refractivity contribution in [1.82, 2.24) is 10.4 Å². The van der Waals surface area contributed by atoms with E-state index in [1.165, 1.54) is 14.2 Å². The molecule has 1 unspecified atom stereocenters. The highest BCUT2D eigenvalue weighted by molar-refractivity contribution is 5.84. The van der Waals surface area contributed by atoms with E-state index in [1.807, 2.05) is 30.3 Å². The van der Waals surface area contributed by atoms with Gasteiger partial charge in [0.15, 0.2) is 0 Å². The number of hydrogen-bond acceptors (Lipinski definition) is 4. The Bertz CT molecular complexity index is 476. The van der Waals surface area contributed by atoms with Gasteiger partial charge in [-0.05, 0) is 32.3 Å². The van der Waals surface area contributed by atoms with E-state index in [9.17, 15) is 9.59 Å². The van der Waals surface area contributed by atoms with E-state index in [4.69, 9.17) is 9.57 Å². The van der Waals surface area contributed by atoms with E-state index in [0.717, 1.165) is 10.6 Å². The van der Waals surface area contributed by atoms with E-state index < -0.39 is 12.1 Å². The molecule has 1 atom stereocenters. The number of rotatable bonds is 7. The minimum absolute atomic E-state index is 0.245. The maximum absolute atomic E-state index is 12.2. The summed E-state index contributed by atoms with van der Waals surface area (Å²) in [5, 5.41) is 3.70. The van der Waals surface area contributed by atoms with Crippen molar-refractivity contribution in [2.75, 3.05) is 14.2 Å². The summed E-state index contributed by atoms with van der Waals surface area (Å²) in [5.41, 5.74) is 1.10. The Morgan fingerprint density at radius 3 is 2.41 bits per heavy atom. The molecule has 22 heavy (non-hydrogen) atoms. The van der Waals surface area contributed by atoms with Crippen LogP contribution in [0.5, 0.6) is 0 Å². The molecule has 0 heterocycles. The Morgan fingerprint density at radius 1 is 1.23 bits per heavy atom. The summed E-state index contributed by atoms with van der Waals surface area (Å²) < 4.78 is 5.03. The molecular weight excluding hydrogens is 284 g/mol. The SMILES string of the molecule is CON(C)C(=O)C(CCc1ccccc1)NC(=O)OC(C)C. The lowest BCUT2D eigenvalue weighted by Crippen LogP contribution is -2.47. The summed E-state index contributed by atoms with van der Waals surface area (Å²) in [6.07, 6.45) is 0.275. The van der Waals surface area contributed by atoms with Crippen LogP contribution >= 0.6 is 0 Å². The first-order valence-corrected chi connectivity index (χ1v) is 7.26. The van der Waals surface area contributed by atoms with Crippen LogP contribution in [0.25, 0.3) is 0 Å². The van der Waals surface area contributed by atoms with Crippen molar-refractivity contribution in [3.63, 3.8) is 0 Å². The molecule has 6 heteroatoms. The van der Waals surface area contributed by atoms with Gasteiger partial charge in [0, 0.05) is 7.05 Å². The topological polar surface area (TPSA) is 67.9 Å². The standard InChI is InChI=1S/C16H24N2O4/c1-12(2)22-16(20)17-14(15(19)18(3)21-4)11-10-13-8-6-5-7-9-13/h5-9,12,14H,10-11H2,1-4H3,(H,17,20). The summed E-state index contributed by atoms with van der Waals surface area (Å²) >= 11 is 0. The average molecular weight is 308 g/mol. The molecule has 0 saturated heterocycles. The Kier molecular flexibility index (Phi) is 7.39. The molecule has 0 spiro atoms. The van der Waals surface area contributed by atoms with Crippen molar-refractivity contribution in [2.24, 2.45) is 0 Å². The molecule has 0 aliphatic heterocycles. The smallest absolute Gasteiger partial charge is 0.408 e. The van der Waals surface area contributed by atoms with Gasteiger partial charge < -0.3 is 10.1 Å². The van der Waals surface area contributed by atoms with Crippen LogP contribution in [-0.4, -0.2) is 43.4 Å². The van der Waals surface area contributed by atoms with Crippen molar-refractivity contribution in [2.45, 2.75) is 38.8 Å². The van der Waals surface area contributed by atoms with E-state index in [2.05, 4.69) is 5.32 Å². The summed E-state index contributed by atoms with van der Waals surface area (Å²) in [4.78, 5) is 28.9.